The molecule has 2 heterocycles. The van der Waals surface area contributed by atoms with E-state index in [4.69, 9.17) is 4.74 Å². The van der Waals surface area contributed by atoms with Crippen LogP contribution in [-0.2, 0) is 14.3 Å². The Morgan fingerprint density at radius 1 is 1.25 bits per heavy atom. The summed E-state index contributed by atoms with van der Waals surface area (Å²) in [6.07, 6.45) is 6.07. The number of rotatable bonds is 1. The summed E-state index contributed by atoms with van der Waals surface area (Å²) in [6, 6.07) is 0.111. The number of carbonyl (C=O) groups excluding carboxylic acids is 2. The SMILES string of the molecule is CC1CC(=O)NC2(CCCCC2)C(=O)N1C1CCOC1. The largest absolute Gasteiger partial charge is 0.379 e. The highest BCUT2D eigenvalue weighted by molar-refractivity contribution is 5.94. The van der Waals surface area contributed by atoms with Gasteiger partial charge in [0, 0.05) is 19.1 Å². The molecule has 3 fully saturated rings. The first-order chi connectivity index (χ1) is 9.62. The second-order valence-corrected chi connectivity index (χ2v) is 6.47. The summed E-state index contributed by atoms with van der Waals surface area (Å²) < 4.78 is 5.45. The number of ether oxygens (including phenoxy) is 1. The Labute approximate surface area is 120 Å². The van der Waals surface area contributed by atoms with Gasteiger partial charge in [0.25, 0.3) is 0 Å². The van der Waals surface area contributed by atoms with Gasteiger partial charge < -0.3 is 15.0 Å². The zero-order chi connectivity index (χ0) is 14.2. The van der Waals surface area contributed by atoms with Gasteiger partial charge in [-0.25, -0.2) is 0 Å². The van der Waals surface area contributed by atoms with Gasteiger partial charge in [0.2, 0.25) is 11.8 Å². The molecule has 3 aliphatic rings. The van der Waals surface area contributed by atoms with Crippen molar-refractivity contribution in [1.29, 1.82) is 0 Å². The third-order valence-corrected chi connectivity index (χ3v) is 4.98. The van der Waals surface area contributed by atoms with Crippen LogP contribution in [0.15, 0.2) is 0 Å². The molecule has 2 amide bonds. The van der Waals surface area contributed by atoms with Gasteiger partial charge in [-0.15, -0.1) is 0 Å². The second-order valence-electron chi connectivity index (χ2n) is 6.47. The lowest BCUT2D eigenvalue weighted by Gasteiger charge is -2.41. The van der Waals surface area contributed by atoms with Crippen LogP contribution in [0.5, 0.6) is 0 Å². The van der Waals surface area contributed by atoms with Gasteiger partial charge in [-0.05, 0) is 26.2 Å². The molecular formula is C15H24N2O3. The van der Waals surface area contributed by atoms with Crippen molar-refractivity contribution in [2.24, 2.45) is 0 Å². The molecule has 3 rings (SSSR count). The van der Waals surface area contributed by atoms with E-state index in [1.54, 1.807) is 0 Å². The van der Waals surface area contributed by atoms with E-state index in [9.17, 15) is 9.59 Å². The van der Waals surface area contributed by atoms with Crippen molar-refractivity contribution in [1.82, 2.24) is 10.2 Å². The lowest BCUT2D eigenvalue weighted by atomic mass is 9.80. The Kier molecular flexibility index (Phi) is 3.71. The number of hydrogen-bond donors (Lipinski definition) is 1. The Morgan fingerprint density at radius 2 is 2.00 bits per heavy atom. The molecule has 2 atom stereocenters. The van der Waals surface area contributed by atoms with Crippen LogP contribution in [-0.4, -0.2) is 47.6 Å². The van der Waals surface area contributed by atoms with E-state index in [0.717, 1.165) is 45.1 Å². The van der Waals surface area contributed by atoms with Crippen LogP contribution in [0.3, 0.4) is 0 Å². The molecule has 5 nitrogen and oxygen atoms in total. The first-order valence-electron chi connectivity index (χ1n) is 7.84. The molecule has 0 aromatic carbocycles. The third-order valence-electron chi connectivity index (χ3n) is 4.98. The fourth-order valence-corrected chi connectivity index (χ4v) is 3.95. The molecule has 2 aliphatic heterocycles. The quantitative estimate of drug-likeness (QED) is 0.785. The van der Waals surface area contributed by atoms with Crippen molar-refractivity contribution in [2.75, 3.05) is 13.2 Å². The maximum Gasteiger partial charge on any atom is 0.248 e. The molecule has 2 unspecified atom stereocenters. The number of nitrogens with one attached hydrogen (secondary N) is 1. The summed E-state index contributed by atoms with van der Waals surface area (Å²) in [5, 5.41) is 3.06. The molecule has 0 bridgehead atoms. The highest BCUT2D eigenvalue weighted by Gasteiger charge is 2.48. The average Bonchev–Trinajstić information content (AvgIpc) is 2.90. The molecule has 0 aromatic heterocycles. The summed E-state index contributed by atoms with van der Waals surface area (Å²) in [5.74, 6) is 0.153. The maximum absolute atomic E-state index is 13.1. The summed E-state index contributed by atoms with van der Waals surface area (Å²) in [5.41, 5.74) is -0.636. The highest BCUT2D eigenvalue weighted by atomic mass is 16.5. The van der Waals surface area contributed by atoms with Crippen molar-refractivity contribution in [2.45, 2.75) is 69.5 Å². The predicted octanol–water partition coefficient (Wildman–Crippen LogP) is 1.22. The van der Waals surface area contributed by atoms with Crippen LogP contribution in [0.2, 0.25) is 0 Å². The molecular weight excluding hydrogens is 256 g/mol. The molecule has 5 heteroatoms. The first kappa shape index (κ1) is 13.9. The topological polar surface area (TPSA) is 58.6 Å². The minimum Gasteiger partial charge on any atom is -0.379 e. The standard InChI is InChI=1S/C15H24N2O3/c1-11-9-13(18)16-15(6-3-2-4-7-15)14(19)17(11)12-5-8-20-10-12/h11-12H,2-10H2,1H3,(H,16,18). The summed E-state index contributed by atoms with van der Waals surface area (Å²) >= 11 is 0. The van der Waals surface area contributed by atoms with Crippen LogP contribution < -0.4 is 5.32 Å². The van der Waals surface area contributed by atoms with Gasteiger partial charge in [-0.2, -0.15) is 0 Å². The van der Waals surface area contributed by atoms with Gasteiger partial charge in [0.05, 0.1) is 12.6 Å². The number of hydrogen-bond acceptors (Lipinski definition) is 3. The molecule has 0 radical (unpaired) electrons. The minimum atomic E-state index is -0.636. The van der Waals surface area contributed by atoms with E-state index >= 15 is 0 Å². The lowest BCUT2D eigenvalue weighted by molar-refractivity contribution is -0.144. The molecule has 1 spiro atoms. The van der Waals surface area contributed by atoms with Crippen LogP contribution in [0.1, 0.15) is 51.9 Å². The molecule has 2 saturated heterocycles. The average molecular weight is 280 g/mol. The molecule has 112 valence electrons. The van der Waals surface area contributed by atoms with Crippen LogP contribution in [0.4, 0.5) is 0 Å². The zero-order valence-corrected chi connectivity index (χ0v) is 12.2. The van der Waals surface area contributed by atoms with Gasteiger partial charge in [0.15, 0.2) is 0 Å². The van der Waals surface area contributed by atoms with Crippen molar-refractivity contribution in [3.05, 3.63) is 0 Å². The Bertz CT molecular complexity index is 398. The van der Waals surface area contributed by atoms with Crippen molar-refractivity contribution >= 4 is 11.8 Å². The summed E-state index contributed by atoms with van der Waals surface area (Å²) in [7, 11) is 0. The van der Waals surface area contributed by atoms with Crippen molar-refractivity contribution in [3.8, 4) is 0 Å². The van der Waals surface area contributed by atoms with Gasteiger partial charge in [0.1, 0.15) is 5.54 Å². The third kappa shape index (κ3) is 2.32. The smallest absolute Gasteiger partial charge is 0.248 e. The Balaban J connectivity index is 1.90. The van der Waals surface area contributed by atoms with E-state index in [1.165, 1.54) is 0 Å². The van der Waals surface area contributed by atoms with Crippen molar-refractivity contribution in [3.63, 3.8) is 0 Å². The van der Waals surface area contributed by atoms with E-state index in [2.05, 4.69) is 5.32 Å². The minimum absolute atomic E-state index is 0.0224. The Morgan fingerprint density at radius 3 is 2.65 bits per heavy atom. The van der Waals surface area contributed by atoms with Crippen LogP contribution in [0, 0.1) is 0 Å². The molecule has 1 N–H and O–H groups in total. The van der Waals surface area contributed by atoms with E-state index in [1.807, 2.05) is 11.8 Å². The molecule has 0 aromatic rings. The number of carbonyl (C=O) groups is 2. The van der Waals surface area contributed by atoms with Crippen LogP contribution >= 0.6 is 0 Å². The first-order valence-corrected chi connectivity index (χ1v) is 7.84. The monoisotopic (exact) mass is 280 g/mol. The fourth-order valence-electron chi connectivity index (χ4n) is 3.95. The normalized spacial score (nSPS) is 34.1. The lowest BCUT2D eigenvalue weighted by Crippen LogP contribution is -2.60. The predicted molar refractivity (Wildman–Crippen MR) is 74.1 cm³/mol. The molecule has 1 saturated carbocycles. The van der Waals surface area contributed by atoms with Gasteiger partial charge in [-0.3, -0.25) is 9.59 Å². The number of amides is 2. The zero-order valence-electron chi connectivity index (χ0n) is 12.2. The van der Waals surface area contributed by atoms with Gasteiger partial charge >= 0.3 is 0 Å². The summed E-state index contributed by atoms with van der Waals surface area (Å²) in [4.78, 5) is 27.2. The van der Waals surface area contributed by atoms with Crippen LogP contribution in [0.25, 0.3) is 0 Å². The van der Waals surface area contributed by atoms with E-state index in [-0.39, 0.29) is 23.9 Å². The maximum atomic E-state index is 13.1. The van der Waals surface area contributed by atoms with E-state index < -0.39 is 5.54 Å². The fraction of sp³-hybridized carbons (Fsp3) is 0.867. The molecule has 1 aliphatic carbocycles. The summed E-state index contributed by atoms with van der Waals surface area (Å²) in [6.45, 7) is 3.31. The number of nitrogens with zero attached hydrogens (tertiary/aromatic N) is 1. The Hall–Kier alpha value is -1.10. The molecule has 20 heavy (non-hydrogen) atoms. The van der Waals surface area contributed by atoms with Gasteiger partial charge in [-0.1, -0.05) is 19.3 Å². The highest BCUT2D eigenvalue weighted by Crippen LogP contribution is 2.34. The second kappa shape index (κ2) is 5.35. The van der Waals surface area contributed by atoms with E-state index in [0.29, 0.717) is 13.0 Å². The van der Waals surface area contributed by atoms with Crippen molar-refractivity contribution < 1.29 is 14.3 Å².